The van der Waals surface area contributed by atoms with Crippen LogP contribution in [0.3, 0.4) is 0 Å². The summed E-state index contributed by atoms with van der Waals surface area (Å²) >= 11 is 0. The predicted octanol–water partition coefficient (Wildman–Crippen LogP) is 2.45. The van der Waals surface area contributed by atoms with Gasteiger partial charge in [-0.2, -0.15) is 0 Å². The lowest BCUT2D eigenvalue weighted by Crippen LogP contribution is -2.37. The normalized spacial score (nSPS) is 12.1. The Morgan fingerprint density at radius 2 is 1.95 bits per heavy atom. The average Bonchev–Trinajstić information content (AvgIpc) is 2.42. The molecule has 1 unspecified atom stereocenters. The maximum Gasteiger partial charge on any atom is 0.260 e. The molecule has 0 aromatic heterocycles. The summed E-state index contributed by atoms with van der Waals surface area (Å²) in [5.74, 6) is 0.709. The van der Waals surface area contributed by atoms with E-state index in [1.807, 2.05) is 26.0 Å². The fourth-order valence-electron chi connectivity index (χ4n) is 2.11. The molecule has 0 aliphatic carbocycles. The topological polar surface area (TPSA) is 64.3 Å². The summed E-state index contributed by atoms with van der Waals surface area (Å²) in [4.78, 5) is 11.9. The second kappa shape index (κ2) is 7.90. The lowest BCUT2D eigenvalue weighted by molar-refractivity contribution is -0.127. The van der Waals surface area contributed by atoms with Crippen molar-refractivity contribution in [2.45, 2.75) is 53.2 Å². The molecule has 0 saturated heterocycles. The average molecular weight is 278 g/mol. The summed E-state index contributed by atoms with van der Waals surface area (Å²) in [5.41, 5.74) is 8.75. The molecule has 0 fully saturated rings. The third-order valence-electron chi connectivity index (χ3n) is 3.25. The molecule has 0 spiro atoms. The van der Waals surface area contributed by atoms with Gasteiger partial charge >= 0.3 is 0 Å². The molecule has 4 nitrogen and oxygen atoms in total. The molecule has 1 amide bonds. The number of hydrogen-bond acceptors (Lipinski definition) is 3. The Morgan fingerprint density at radius 3 is 2.45 bits per heavy atom. The van der Waals surface area contributed by atoms with Crippen LogP contribution in [0.4, 0.5) is 0 Å². The summed E-state index contributed by atoms with van der Waals surface area (Å²) in [6.07, 6.45) is 1.56. The lowest BCUT2D eigenvalue weighted by atomic mass is 10.1. The number of unbranched alkanes of at least 4 members (excludes halogenated alkanes) is 1. The van der Waals surface area contributed by atoms with Gasteiger partial charge < -0.3 is 15.8 Å². The zero-order valence-electron chi connectivity index (χ0n) is 13.0. The fourth-order valence-corrected chi connectivity index (χ4v) is 2.11. The predicted molar refractivity (Wildman–Crippen MR) is 81.8 cm³/mol. The molecule has 0 heterocycles. The van der Waals surface area contributed by atoms with E-state index in [0.717, 1.165) is 35.3 Å². The van der Waals surface area contributed by atoms with Crippen molar-refractivity contribution in [2.75, 3.05) is 6.54 Å². The number of carbonyl (C=O) groups is 1. The van der Waals surface area contributed by atoms with Crippen LogP contribution in [0.25, 0.3) is 0 Å². The molecule has 1 rings (SSSR count). The van der Waals surface area contributed by atoms with Crippen LogP contribution in [-0.2, 0) is 11.3 Å². The largest absolute Gasteiger partial charge is 0.480 e. The van der Waals surface area contributed by atoms with E-state index in [9.17, 15) is 4.79 Å². The Hall–Kier alpha value is -1.55. The number of aryl methyl sites for hydroxylation is 2. The number of ether oxygens (including phenoxy) is 1. The molecule has 0 aliphatic rings. The molecule has 0 saturated carbocycles. The van der Waals surface area contributed by atoms with Gasteiger partial charge in [-0.15, -0.1) is 0 Å². The Kier molecular flexibility index (Phi) is 6.52. The van der Waals surface area contributed by atoms with E-state index in [1.165, 1.54) is 0 Å². The van der Waals surface area contributed by atoms with Crippen molar-refractivity contribution in [2.24, 2.45) is 5.73 Å². The first-order valence-corrected chi connectivity index (χ1v) is 7.24. The molecule has 4 heteroatoms. The Balaban J connectivity index is 2.70. The summed E-state index contributed by atoms with van der Waals surface area (Å²) in [5, 5.41) is 2.88. The van der Waals surface area contributed by atoms with Crippen LogP contribution in [0.1, 0.15) is 43.4 Å². The minimum absolute atomic E-state index is 0.0693. The molecular formula is C16H26N2O2. The monoisotopic (exact) mass is 278 g/mol. The van der Waals surface area contributed by atoms with Gasteiger partial charge in [-0.25, -0.2) is 0 Å². The second-order valence-electron chi connectivity index (χ2n) is 5.17. The minimum Gasteiger partial charge on any atom is -0.480 e. The van der Waals surface area contributed by atoms with E-state index in [0.29, 0.717) is 13.1 Å². The van der Waals surface area contributed by atoms with Crippen LogP contribution in [0.5, 0.6) is 5.75 Å². The molecule has 0 aliphatic heterocycles. The van der Waals surface area contributed by atoms with Crippen molar-refractivity contribution >= 4 is 5.91 Å². The highest BCUT2D eigenvalue weighted by Crippen LogP contribution is 2.25. The van der Waals surface area contributed by atoms with Gasteiger partial charge in [0.1, 0.15) is 5.75 Å². The highest BCUT2D eigenvalue weighted by molar-refractivity contribution is 5.80. The highest BCUT2D eigenvalue weighted by Gasteiger charge is 2.16. The zero-order valence-corrected chi connectivity index (χ0v) is 13.0. The third kappa shape index (κ3) is 4.53. The summed E-state index contributed by atoms with van der Waals surface area (Å²) in [7, 11) is 0. The Labute approximate surface area is 121 Å². The molecule has 1 aromatic rings. The third-order valence-corrected chi connectivity index (χ3v) is 3.25. The van der Waals surface area contributed by atoms with Gasteiger partial charge in [0.2, 0.25) is 0 Å². The molecule has 20 heavy (non-hydrogen) atoms. The van der Waals surface area contributed by atoms with E-state index in [2.05, 4.69) is 12.2 Å². The number of amides is 1. The maximum atomic E-state index is 11.9. The van der Waals surface area contributed by atoms with Crippen LogP contribution in [-0.4, -0.2) is 18.6 Å². The van der Waals surface area contributed by atoms with E-state index in [-0.39, 0.29) is 5.91 Å². The number of rotatable bonds is 7. The van der Waals surface area contributed by atoms with Gasteiger partial charge in [0.15, 0.2) is 6.10 Å². The molecule has 0 bridgehead atoms. The zero-order chi connectivity index (χ0) is 15.1. The van der Waals surface area contributed by atoms with Crippen LogP contribution in [0.15, 0.2) is 12.1 Å². The maximum absolute atomic E-state index is 11.9. The quantitative estimate of drug-likeness (QED) is 0.753. The first-order chi connectivity index (χ1) is 9.49. The van der Waals surface area contributed by atoms with Crippen molar-refractivity contribution in [3.63, 3.8) is 0 Å². The van der Waals surface area contributed by atoms with Crippen molar-refractivity contribution < 1.29 is 9.53 Å². The summed E-state index contributed by atoms with van der Waals surface area (Å²) < 4.78 is 5.82. The second-order valence-corrected chi connectivity index (χ2v) is 5.17. The van der Waals surface area contributed by atoms with Crippen molar-refractivity contribution in [3.05, 3.63) is 28.8 Å². The molecule has 1 atom stereocenters. The number of nitrogens with one attached hydrogen (secondary N) is 1. The molecule has 0 radical (unpaired) electrons. The Bertz CT molecular complexity index is 435. The fraction of sp³-hybridized carbons (Fsp3) is 0.562. The van der Waals surface area contributed by atoms with E-state index in [1.54, 1.807) is 6.92 Å². The SMILES string of the molecule is CCCCNC(=O)C(C)Oc1c(C)cc(CN)cc1C. The van der Waals surface area contributed by atoms with Gasteiger partial charge in [-0.1, -0.05) is 25.5 Å². The minimum atomic E-state index is -0.493. The van der Waals surface area contributed by atoms with Crippen LogP contribution >= 0.6 is 0 Å². The Morgan fingerprint density at radius 1 is 1.35 bits per heavy atom. The van der Waals surface area contributed by atoms with Crippen LogP contribution in [0, 0.1) is 13.8 Å². The highest BCUT2D eigenvalue weighted by atomic mass is 16.5. The number of nitrogens with two attached hydrogens (primary N) is 1. The van der Waals surface area contributed by atoms with Gasteiger partial charge in [0.25, 0.3) is 5.91 Å². The van der Waals surface area contributed by atoms with E-state index in [4.69, 9.17) is 10.5 Å². The van der Waals surface area contributed by atoms with Gasteiger partial charge in [0.05, 0.1) is 0 Å². The smallest absolute Gasteiger partial charge is 0.260 e. The number of hydrogen-bond donors (Lipinski definition) is 2. The first kappa shape index (κ1) is 16.5. The number of benzene rings is 1. The standard InChI is InChI=1S/C16H26N2O2/c1-5-6-7-18-16(19)13(4)20-15-11(2)8-14(10-17)9-12(15)3/h8-9,13H,5-7,10,17H2,1-4H3,(H,18,19). The van der Waals surface area contributed by atoms with Gasteiger partial charge in [-0.3, -0.25) is 4.79 Å². The molecular weight excluding hydrogens is 252 g/mol. The summed E-state index contributed by atoms with van der Waals surface area (Å²) in [6, 6.07) is 4.01. The van der Waals surface area contributed by atoms with Crippen molar-refractivity contribution in [1.82, 2.24) is 5.32 Å². The van der Waals surface area contributed by atoms with Crippen LogP contribution < -0.4 is 15.8 Å². The lowest BCUT2D eigenvalue weighted by Gasteiger charge is -2.18. The van der Waals surface area contributed by atoms with E-state index >= 15 is 0 Å². The van der Waals surface area contributed by atoms with Gasteiger partial charge in [0, 0.05) is 13.1 Å². The van der Waals surface area contributed by atoms with Crippen molar-refractivity contribution in [1.29, 1.82) is 0 Å². The van der Waals surface area contributed by atoms with Crippen LogP contribution in [0.2, 0.25) is 0 Å². The molecule has 3 N–H and O–H groups in total. The summed E-state index contributed by atoms with van der Waals surface area (Å²) in [6.45, 7) is 9.03. The molecule has 1 aromatic carbocycles. The van der Waals surface area contributed by atoms with Gasteiger partial charge in [-0.05, 0) is 43.9 Å². The number of carbonyl (C=O) groups excluding carboxylic acids is 1. The van der Waals surface area contributed by atoms with E-state index < -0.39 is 6.10 Å². The first-order valence-electron chi connectivity index (χ1n) is 7.24. The molecule has 112 valence electrons. The van der Waals surface area contributed by atoms with Crippen molar-refractivity contribution in [3.8, 4) is 5.75 Å².